The summed E-state index contributed by atoms with van der Waals surface area (Å²) < 4.78 is 5.65. The molecule has 1 unspecified atom stereocenters. The standard InChI is InChI=1S/C17H23NOS/c1-13(2)19-17-6-4-15(5-7-17)11-18-14(3)10-16-8-9-20-12-16/h4-9,12-14,18H,10-11H2,1-3H3. The highest BCUT2D eigenvalue weighted by Gasteiger charge is 2.04. The molecule has 2 nitrogen and oxygen atoms in total. The zero-order valence-electron chi connectivity index (χ0n) is 12.4. The van der Waals surface area contributed by atoms with Gasteiger partial charge in [0.1, 0.15) is 5.75 Å². The van der Waals surface area contributed by atoms with Gasteiger partial charge in [-0.3, -0.25) is 0 Å². The van der Waals surface area contributed by atoms with Gasteiger partial charge in [0.2, 0.25) is 0 Å². The Morgan fingerprint density at radius 3 is 2.40 bits per heavy atom. The van der Waals surface area contributed by atoms with Crippen LogP contribution < -0.4 is 10.1 Å². The monoisotopic (exact) mass is 289 g/mol. The first-order valence-electron chi connectivity index (χ1n) is 7.13. The Hall–Kier alpha value is -1.32. The van der Waals surface area contributed by atoms with Crippen LogP contribution in [0, 0.1) is 0 Å². The second kappa shape index (κ2) is 7.46. The summed E-state index contributed by atoms with van der Waals surface area (Å²) in [5, 5.41) is 7.91. The van der Waals surface area contributed by atoms with Crippen LogP contribution in [-0.4, -0.2) is 12.1 Å². The zero-order valence-corrected chi connectivity index (χ0v) is 13.2. The number of hydrogen-bond acceptors (Lipinski definition) is 3. The Kier molecular flexibility index (Phi) is 5.62. The smallest absolute Gasteiger partial charge is 0.119 e. The molecule has 0 bridgehead atoms. The van der Waals surface area contributed by atoms with Gasteiger partial charge >= 0.3 is 0 Å². The van der Waals surface area contributed by atoms with Crippen molar-refractivity contribution in [3.63, 3.8) is 0 Å². The lowest BCUT2D eigenvalue weighted by Crippen LogP contribution is -2.27. The van der Waals surface area contributed by atoms with Crippen molar-refractivity contribution in [1.29, 1.82) is 0 Å². The minimum Gasteiger partial charge on any atom is -0.491 e. The van der Waals surface area contributed by atoms with Crippen LogP contribution in [0.1, 0.15) is 31.9 Å². The molecule has 1 N–H and O–H groups in total. The van der Waals surface area contributed by atoms with E-state index in [0.29, 0.717) is 6.04 Å². The van der Waals surface area contributed by atoms with E-state index < -0.39 is 0 Å². The third-order valence-corrected chi connectivity index (χ3v) is 3.80. The molecular weight excluding hydrogens is 266 g/mol. The summed E-state index contributed by atoms with van der Waals surface area (Å²) in [6, 6.07) is 11.0. The van der Waals surface area contributed by atoms with E-state index in [1.54, 1.807) is 11.3 Å². The molecule has 1 atom stereocenters. The van der Waals surface area contributed by atoms with Crippen LogP contribution in [-0.2, 0) is 13.0 Å². The minimum absolute atomic E-state index is 0.226. The van der Waals surface area contributed by atoms with E-state index in [1.807, 2.05) is 26.0 Å². The molecule has 2 rings (SSSR count). The molecule has 2 aromatic rings. The molecule has 3 heteroatoms. The summed E-state index contributed by atoms with van der Waals surface area (Å²) in [4.78, 5) is 0. The van der Waals surface area contributed by atoms with Crippen molar-refractivity contribution < 1.29 is 4.74 Å². The Balaban J connectivity index is 1.78. The van der Waals surface area contributed by atoms with E-state index in [9.17, 15) is 0 Å². The summed E-state index contributed by atoms with van der Waals surface area (Å²) in [6.07, 6.45) is 1.31. The quantitative estimate of drug-likeness (QED) is 0.822. The molecule has 108 valence electrons. The molecule has 0 amide bonds. The fourth-order valence-electron chi connectivity index (χ4n) is 2.08. The van der Waals surface area contributed by atoms with Gasteiger partial charge in [0.05, 0.1) is 6.10 Å². The van der Waals surface area contributed by atoms with E-state index in [4.69, 9.17) is 4.74 Å². The second-order valence-electron chi connectivity index (χ2n) is 5.43. The number of thiophene rings is 1. The van der Waals surface area contributed by atoms with Gasteiger partial charge in [0.15, 0.2) is 0 Å². The zero-order chi connectivity index (χ0) is 14.4. The van der Waals surface area contributed by atoms with Crippen molar-refractivity contribution in [2.24, 2.45) is 0 Å². The predicted molar refractivity (Wildman–Crippen MR) is 86.5 cm³/mol. The number of benzene rings is 1. The highest BCUT2D eigenvalue weighted by atomic mass is 32.1. The highest BCUT2D eigenvalue weighted by Crippen LogP contribution is 2.14. The predicted octanol–water partition coefficient (Wildman–Crippen LogP) is 4.26. The van der Waals surface area contributed by atoms with Gasteiger partial charge in [-0.1, -0.05) is 12.1 Å². The number of rotatable bonds is 7. The first-order chi connectivity index (χ1) is 9.63. The summed E-state index contributed by atoms with van der Waals surface area (Å²) in [7, 11) is 0. The fourth-order valence-corrected chi connectivity index (χ4v) is 2.77. The van der Waals surface area contributed by atoms with E-state index in [0.717, 1.165) is 18.7 Å². The maximum absolute atomic E-state index is 5.65. The molecule has 0 aliphatic rings. The third-order valence-electron chi connectivity index (χ3n) is 3.07. The van der Waals surface area contributed by atoms with Crippen molar-refractivity contribution in [3.8, 4) is 5.75 Å². The molecule has 0 saturated carbocycles. The number of hydrogen-bond donors (Lipinski definition) is 1. The molecule has 0 spiro atoms. The van der Waals surface area contributed by atoms with Crippen molar-refractivity contribution in [2.75, 3.05) is 0 Å². The molecule has 1 aromatic heterocycles. The van der Waals surface area contributed by atoms with Crippen LogP contribution in [0.15, 0.2) is 41.1 Å². The highest BCUT2D eigenvalue weighted by molar-refractivity contribution is 7.07. The van der Waals surface area contributed by atoms with Crippen LogP contribution in [0.2, 0.25) is 0 Å². The van der Waals surface area contributed by atoms with Gasteiger partial charge in [0, 0.05) is 12.6 Å². The largest absolute Gasteiger partial charge is 0.491 e. The topological polar surface area (TPSA) is 21.3 Å². The summed E-state index contributed by atoms with van der Waals surface area (Å²) in [5.41, 5.74) is 2.70. The lowest BCUT2D eigenvalue weighted by Gasteiger charge is -2.14. The third kappa shape index (κ3) is 4.99. The lowest BCUT2D eigenvalue weighted by atomic mass is 10.1. The van der Waals surface area contributed by atoms with Crippen LogP contribution in [0.5, 0.6) is 5.75 Å². The molecule has 0 fully saturated rings. The second-order valence-corrected chi connectivity index (χ2v) is 6.21. The Bertz CT molecular complexity index is 490. The molecule has 0 radical (unpaired) electrons. The summed E-state index contributed by atoms with van der Waals surface area (Å²) in [6.45, 7) is 7.21. The van der Waals surface area contributed by atoms with Gasteiger partial charge in [-0.05, 0) is 67.3 Å². The Morgan fingerprint density at radius 1 is 1.05 bits per heavy atom. The van der Waals surface area contributed by atoms with Crippen LogP contribution >= 0.6 is 11.3 Å². The minimum atomic E-state index is 0.226. The van der Waals surface area contributed by atoms with Crippen molar-refractivity contribution in [3.05, 3.63) is 52.2 Å². The van der Waals surface area contributed by atoms with E-state index in [-0.39, 0.29) is 6.10 Å². The van der Waals surface area contributed by atoms with Gasteiger partial charge < -0.3 is 10.1 Å². The average Bonchev–Trinajstić information content (AvgIpc) is 2.90. The fraction of sp³-hybridized carbons (Fsp3) is 0.412. The number of ether oxygens (including phenoxy) is 1. The van der Waals surface area contributed by atoms with E-state index in [2.05, 4.69) is 41.2 Å². The van der Waals surface area contributed by atoms with Gasteiger partial charge in [0.25, 0.3) is 0 Å². The van der Waals surface area contributed by atoms with E-state index in [1.165, 1.54) is 11.1 Å². The van der Waals surface area contributed by atoms with Crippen LogP contribution in [0.3, 0.4) is 0 Å². The SMILES string of the molecule is CC(Cc1ccsc1)NCc1ccc(OC(C)C)cc1. The van der Waals surface area contributed by atoms with Crippen LogP contribution in [0.4, 0.5) is 0 Å². The van der Waals surface area contributed by atoms with E-state index >= 15 is 0 Å². The molecular formula is C17H23NOS. The van der Waals surface area contributed by atoms with Crippen molar-refractivity contribution in [1.82, 2.24) is 5.32 Å². The molecule has 1 heterocycles. The summed E-state index contributed by atoms with van der Waals surface area (Å²) >= 11 is 1.76. The van der Waals surface area contributed by atoms with Crippen molar-refractivity contribution in [2.45, 2.75) is 45.9 Å². The molecule has 20 heavy (non-hydrogen) atoms. The maximum atomic E-state index is 5.65. The van der Waals surface area contributed by atoms with Crippen LogP contribution in [0.25, 0.3) is 0 Å². The Labute approximate surface area is 125 Å². The van der Waals surface area contributed by atoms with Crippen molar-refractivity contribution >= 4 is 11.3 Å². The maximum Gasteiger partial charge on any atom is 0.119 e. The lowest BCUT2D eigenvalue weighted by molar-refractivity contribution is 0.242. The number of nitrogens with one attached hydrogen (secondary N) is 1. The van der Waals surface area contributed by atoms with Gasteiger partial charge in [-0.25, -0.2) is 0 Å². The van der Waals surface area contributed by atoms with Gasteiger partial charge in [-0.15, -0.1) is 0 Å². The molecule has 1 aromatic carbocycles. The molecule has 0 aliphatic carbocycles. The first kappa shape index (κ1) is 15.1. The van der Waals surface area contributed by atoms with Gasteiger partial charge in [-0.2, -0.15) is 11.3 Å². The summed E-state index contributed by atoms with van der Waals surface area (Å²) in [5.74, 6) is 0.940. The molecule has 0 saturated heterocycles. The first-order valence-corrected chi connectivity index (χ1v) is 8.08. The average molecular weight is 289 g/mol. The Morgan fingerprint density at radius 2 is 1.80 bits per heavy atom. The normalized spacial score (nSPS) is 12.6. The molecule has 0 aliphatic heterocycles.